The van der Waals surface area contributed by atoms with Gasteiger partial charge in [-0.05, 0) is 24.3 Å². The van der Waals surface area contributed by atoms with Gasteiger partial charge in [0, 0.05) is 17.8 Å². The van der Waals surface area contributed by atoms with E-state index in [1.807, 2.05) is 0 Å². The van der Waals surface area contributed by atoms with Gasteiger partial charge in [-0.3, -0.25) is 4.79 Å². The van der Waals surface area contributed by atoms with Crippen LogP contribution in [0, 0.1) is 5.82 Å². The second-order valence-corrected chi connectivity index (χ2v) is 9.00. The average molecular weight is 453 g/mol. The number of methoxy groups -OCH3 is 2. The van der Waals surface area contributed by atoms with E-state index in [2.05, 4.69) is 0 Å². The lowest BCUT2D eigenvalue weighted by molar-refractivity contribution is 0.355. The summed E-state index contributed by atoms with van der Waals surface area (Å²) in [4.78, 5) is 12.9. The lowest BCUT2D eigenvalue weighted by Gasteiger charge is -2.17. The van der Waals surface area contributed by atoms with Crippen LogP contribution in [-0.2, 0) is 16.4 Å². The van der Waals surface area contributed by atoms with Crippen LogP contribution in [-0.4, -0.2) is 27.2 Å². The van der Waals surface area contributed by atoms with Crippen molar-refractivity contribution in [1.29, 1.82) is 0 Å². The molecule has 0 fully saturated rings. The molecule has 6 nitrogen and oxygen atoms in total. The highest BCUT2D eigenvalue weighted by Crippen LogP contribution is 2.32. The number of sulfone groups is 1. The second kappa shape index (κ2) is 8.47. The molecule has 0 aliphatic heterocycles. The average Bonchev–Trinajstić information content (AvgIpc) is 2.81. The number of aromatic nitrogens is 1. The normalized spacial score (nSPS) is 11.5. The van der Waals surface area contributed by atoms with E-state index in [-0.39, 0.29) is 22.6 Å². The summed E-state index contributed by atoms with van der Waals surface area (Å²) in [7, 11) is -1.24. The third-order valence-electron chi connectivity index (χ3n) is 5.19. The Labute approximate surface area is 184 Å². The minimum absolute atomic E-state index is 0.00521. The summed E-state index contributed by atoms with van der Waals surface area (Å²) in [6.07, 6.45) is 1.26. The van der Waals surface area contributed by atoms with Gasteiger partial charge in [-0.25, -0.2) is 12.8 Å². The van der Waals surface area contributed by atoms with Crippen molar-refractivity contribution in [3.8, 4) is 11.5 Å². The molecule has 164 valence electrons. The van der Waals surface area contributed by atoms with E-state index in [9.17, 15) is 17.6 Å². The number of benzene rings is 3. The third kappa shape index (κ3) is 3.73. The van der Waals surface area contributed by atoms with Crippen molar-refractivity contribution in [2.75, 3.05) is 14.2 Å². The van der Waals surface area contributed by atoms with Gasteiger partial charge in [0.25, 0.3) is 0 Å². The molecule has 0 radical (unpaired) electrons. The van der Waals surface area contributed by atoms with Gasteiger partial charge >= 0.3 is 0 Å². The monoisotopic (exact) mass is 453 g/mol. The Morgan fingerprint density at radius 1 is 0.906 bits per heavy atom. The van der Waals surface area contributed by atoms with Crippen LogP contribution >= 0.6 is 0 Å². The first kappa shape index (κ1) is 21.6. The molecule has 0 bridgehead atoms. The van der Waals surface area contributed by atoms with Gasteiger partial charge in [0.15, 0.2) is 11.5 Å². The van der Waals surface area contributed by atoms with Crippen LogP contribution in [0.5, 0.6) is 11.5 Å². The zero-order valence-corrected chi connectivity index (χ0v) is 18.2. The molecule has 0 aliphatic rings. The van der Waals surface area contributed by atoms with Crippen LogP contribution in [0.4, 0.5) is 4.39 Å². The molecule has 0 amide bonds. The fourth-order valence-corrected chi connectivity index (χ4v) is 4.94. The molecule has 1 heterocycles. The van der Waals surface area contributed by atoms with Crippen LogP contribution < -0.4 is 14.9 Å². The molecule has 3 aromatic carbocycles. The smallest absolute Gasteiger partial charge is 0.211 e. The Kier molecular flexibility index (Phi) is 5.71. The molecule has 0 atom stereocenters. The predicted octanol–water partition coefficient (Wildman–Crippen LogP) is 4.04. The summed E-state index contributed by atoms with van der Waals surface area (Å²) >= 11 is 0. The quantitative estimate of drug-likeness (QED) is 0.441. The van der Waals surface area contributed by atoms with Crippen LogP contribution in [0.1, 0.15) is 5.56 Å². The largest absolute Gasteiger partial charge is 0.493 e. The van der Waals surface area contributed by atoms with E-state index in [0.29, 0.717) is 16.8 Å². The fourth-order valence-electron chi connectivity index (χ4n) is 3.55. The van der Waals surface area contributed by atoms with E-state index in [0.717, 1.165) is 0 Å². The second-order valence-electron chi connectivity index (χ2n) is 7.08. The van der Waals surface area contributed by atoms with Crippen molar-refractivity contribution >= 4 is 20.7 Å². The molecular weight excluding hydrogens is 433 g/mol. The van der Waals surface area contributed by atoms with Gasteiger partial charge < -0.3 is 14.0 Å². The Bertz CT molecular complexity index is 1460. The topological polar surface area (TPSA) is 74.6 Å². The number of nitrogens with zero attached hydrogens (tertiary/aromatic N) is 1. The Balaban J connectivity index is 2.05. The van der Waals surface area contributed by atoms with Gasteiger partial charge in [0.2, 0.25) is 15.3 Å². The highest BCUT2D eigenvalue weighted by atomic mass is 32.2. The Hall–Kier alpha value is -3.65. The van der Waals surface area contributed by atoms with Crippen molar-refractivity contribution in [3.63, 3.8) is 0 Å². The minimum atomic E-state index is -4.12. The third-order valence-corrected chi connectivity index (χ3v) is 6.96. The molecule has 0 spiro atoms. The first-order chi connectivity index (χ1) is 15.4. The van der Waals surface area contributed by atoms with E-state index in [1.54, 1.807) is 42.5 Å². The number of pyridine rings is 1. The molecule has 32 heavy (non-hydrogen) atoms. The van der Waals surface area contributed by atoms with Crippen molar-refractivity contribution in [3.05, 3.63) is 94.5 Å². The molecule has 1 aromatic heterocycles. The van der Waals surface area contributed by atoms with Crippen LogP contribution in [0.2, 0.25) is 0 Å². The first-order valence-corrected chi connectivity index (χ1v) is 11.2. The van der Waals surface area contributed by atoms with E-state index < -0.39 is 26.0 Å². The molecule has 8 heteroatoms. The lowest BCUT2D eigenvalue weighted by atomic mass is 10.1. The maximum absolute atomic E-state index is 14.4. The molecule has 4 rings (SSSR count). The molecule has 4 aromatic rings. The van der Waals surface area contributed by atoms with E-state index >= 15 is 0 Å². The van der Waals surface area contributed by atoms with Crippen LogP contribution in [0.15, 0.2) is 87.5 Å². The van der Waals surface area contributed by atoms with Gasteiger partial charge in [-0.1, -0.05) is 36.4 Å². The maximum Gasteiger partial charge on any atom is 0.211 e. The van der Waals surface area contributed by atoms with Crippen LogP contribution in [0.25, 0.3) is 10.9 Å². The maximum atomic E-state index is 14.4. The number of halogens is 1. The van der Waals surface area contributed by atoms with Gasteiger partial charge in [-0.15, -0.1) is 0 Å². The Morgan fingerprint density at radius 2 is 1.53 bits per heavy atom. The number of rotatable bonds is 6. The van der Waals surface area contributed by atoms with Crippen molar-refractivity contribution in [2.45, 2.75) is 16.3 Å². The molecule has 0 saturated heterocycles. The van der Waals surface area contributed by atoms with Crippen molar-refractivity contribution < 1.29 is 22.3 Å². The molecule has 0 N–H and O–H groups in total. The predicted molar refractivity (Wildman–Crippen MR) is 119 cm³/mol. The number of ether oxygens (including phenoxy) is 2. The molecule has 0 saturated carbocycles. The highest BCUT2D eigenvalue weighted by molar-refractivity contribution is 7.91. The summed E-state index contributed by atoms with van der Waals surface area (Å²) in [6, 6.07) is 16.9. The molecule has 0 unspecified atom stereocenters. The van der Waals surface area contributed by atoms with E-state index in [4.69, 9.17) is 9.47 Å². The molecular formula is C24H20FNO5S. The lowest BCUT2D eigenvalue weighted by Crippen LogP contribution is -2.20. The van der Waals surface area contributed by atoms with Crippen molar-refractivity contribution in [1.82, 2.24) is 4.57 Å². The van der Waals surface area contributed by atoms with Crippen molar-refractivity contribution in [2.24, 2.45) is 0 Å². The minimum Gasteiger partial charge on any atom is -0.493 e. The number of hydrogen-bond acceptors (Lipinski definition) is 5. The van der Waals surface area contributed by atoms with Crippen LogP contribution in [0.3, 0.4) is 0 Å². The van der Waals surface area contributed by atoms with E-state index in [1.165, 1.54) is 49.2 Å². The highest BCUT2D eigenvalue weighted by Gasteiger charge is 2.25. The summed E-state index contributed by atoms with van der Waals surface area (Å²) in [5.74, 6) is 0.205. The standard InChI is InChI=1S/C24H20FNO5S/c1-30-21-12-18-20(13-22(21)31-2)26(14-16-8-6-7-11-19(16)25)15-23(24(18)27)32(28,29)17-9-4-3-5-10-17/h3-13,15H,14H2,1-2H3. The van der Waals surface area contributed by atoms with Gasteiger partial charge in [0.1, 0.15) is 10.7 Å². The SMILES string of the molecule is COc1cc2c(=O)c(S(=O)(=O)c3ccccc3)cn(Cc3ccccc3F)c2cc1OC. The summed E-state index contributed by atoms with van der Waals surface area (Å²) < 4.78 is 53.2. The summed E-state index contributed by atoms with van der Waals surface area (Å²) in [6.45, 7) is 0.0102. The zero-order valence-electron chi connectivity index (χ0n) is 17.4. The number of hydrogen-bond donors (Lipinski definition) is 0. The zero-order chi connectivity index (χ0) is 22.9. The number of fused-ring (bicyclic) bond motifs is 1. The summed E-state index contributed by atoms with van der Waals surface area (Å²) in [5.41, 5.74) is 0.0628. The first-order valence-electron chi connectivity index (χ1n) is 9.69. The molecule has 0 aliphatic carbocycles. The summed E-state index contributed by atoms with van der Waals surface area (Å²) in [5, 5.41) is 0.121. The fraction of sp³-hybridized carbons (Fsp3) is 0.125. The van der Waals surface area contributed by atoms with Gasteiger partial charge in [-0.2, -0.15) is 0 Å². The van der Waals surface area contributed by atoms with Gasteiger partial charge in [0.05, 0.1) is 36.6 Å². The Morgan fingerprint density at radius 3 is 2.19 bits per heavy atom.